The number of aliphatic imine (C=N–C) groups is 2. The van der Waals surface area contributed by atoms with E-state index in [-0.39, 0.29) is 28.0 Å². The van der Waals surface area contributed by atoms with Gasteiger partial charge in [-0.15, -0.1) is 11.5 Å². The maximum absolute atomic E-state index is 11.5. The van der Waals surface area contributed by atoms with Gasteiger partial charge in [0.1, 0.15) is 0 Å². The van der Waals surface area contributed by atoms with E-state index in [4.69, 9.17) is 9.98 Å². The minimum absolute atomic E-state index is 0. The van der Waals surface area contributed by atoms with E-state index < -0.39 is 0 Å². The smallest absolute Gasteiger partial charge is 0.873 e. The third-order valence-corrected chi connectivity index (χ3v) is 9.54. The van der Waals surface area contributed by atoms with Crippen molar-refractivity contribution in [3.8, 4) is 11.5 Å². The van der Waals surface area contributed by atoms with Crippen LogP contribution >= 0.6 is 0 Å². The molecule has 0 saturated carbocycles. The van der Waals surface area contributed by atoms with Gasteiger partial charge in [-0.05, 0) is 118 Å². The van der Waals surface area contributed by atoms with Crippen molar-refractivity contribution < 1.29 is 26.7 Å². The van der Waals surface area contributed by atoms with Crippen molar-refractivity contribution in [3.05, 3.63) is 81.9 Å². The maximum atomic E-state index is 11.5. The van der Waals surface area contributed by atoms with Crippen LogP contribution in [0, 0.1) is 6.92 Å². The van der Waals surface area contributed by atoms with E-state index in [1.165, 1.54) is 85.0 Å². The molecule has 0 fully saturated rings. The number of hydrogen-bond acceptors (Lipinski definition) is 4. The normalized spacial score (nSPS) is 11.6. The van der Waals surface area contributed by atoms with Gasteiger partial charge in [0.15, 0.2) is 0 Å². The minimum atomic E-state index is -0.334. The molecular weight excluding hydrogens is 683 g/mol. The van der Waals surface area contributed by atoms with Crippen LogP contribution < -0.4 is 10.2 Å². The third kappa shape index (κ3) is 16.4. The van der Waals surface area contributed by atoms with Crippen LogP contribution in [0.3, 0.4) is 0 Å². The van der Waals surface area contributed by atoms with E-state index in [0.29, 0.717) is 11.1 Å². The molecule has 0 aliphatic carbocycles. The predicted molar refractivity (Wildman–Crippen MR) is 220 cm³/mol. The molecule has 290 valence electrons. The Morgan fingerprint density at radius 1 is 0.442 bits per heavy atom. The largest absolute Gasteiger partial charge is 2.00 e. The standard InChI is InChI=1S/C35H54N2.C12H18O2.Ni/c1-7-13-15-21-35(37-33-25-23-29(17-10-4)31(27-33)19-12-6)34(20-14-8-2)36-32-24-22-28(16-9-3)30(26-32)18-11-5;1-3-4-5-6-10-8-7-9(2)11(13)12(10)14;/h22-27H,7-21H2,1-6H3;7-8,13-14H,3-6H2,1-2H3;/q;;+2/p-2. The Morgan fingerprint density at radius 2 is 0.865 bits per heavy atom. The number of nitrogens with zero attached hydrogens (tertiary/aromatic N) is 2. The van der Waals surface area contributed by atoms with E-state index >= 15 is 0 Å². The number of aryl methyl sites for hydroxylation is 6. The summed E-state index contributed by atoms with van der Waals surface area (Å²) >= 11 is 0. The number of hydrogen-bond donors (Lipinski definition) is 0. The first-order chi connectivity index (χ1) is 24.8. The van der Waals surface area contributed by atoms with Crippen LogP contribution in [0.1, 0.15) is 172 Å². The number of benzene rings is 3. The first-order valence-electron chi connectivity index (χ1n) is 20.6. The summed E-state index contributed by atoms with van der Waals surface area (Å²) in [5.74, 6) is -0.639. The summed E-state index contributed by atoms with van der Waals surface area (Å²) in [6.07, 6.45) is 21.2. The Hall–Kier alpha value is -2.91. The molecule has 0 saturated heterocycles. The van der Waals surface area contributed by atoms with E-state index in [0.717, 1.165) is 82.0 Å². The van der Waals surface area contributed by atoms with Gasteiger partial charge in [0.2, 0.25) is 0 Å². The molecule has 0 bridgehead atoms. The zero-order valence-corrected chi connectivity index (χ0v) is 35.1. The molecule has 0 unspecified atom stereocenters. The minimum Gasteiger partial charge on any atom is -0.873 e. The molecule has 0 spiro atoms. The Labute approximate surface area is 329 Å². The van der Waals surface area contributed by atoms with Crippen molar-refractivity contribution in [2.45, 2.75) is 177 Å². The zero-order valence-electron chi connectivity index (χ0n) is 34.1. The van der Waals surface area contributed by atoms with Crippen molar-refractivity contribution in [1.29, 1.82) is 0 Å². The van der Waals surface area contributed by atoms with Gasteiger partial charge in [-0.25, -0.2) is 0 Å². The zero-order chi connectivity index (χ0) is 37.4. The number of rotatable bonds is 22. The van der Waals surface area contributed by atoms with Crippen LogP contribution in [0.15, 0.2) is 58.5 Å². The fourth-order valence-corrected chi connectivity index (χ4v) is 6.59. The first-order valence-corrected chi connectivity index (χ1v) is 20.6. The van der Waals surface area contributed by atoms with Crippen molar-refractivity contribution >= 4 is 22.8 Å². The molecule has 0 aliphatic heterocycles. The average Bonchev–Trinajstić information content (AvgIpc) is 3.12. The quantitative estimate of drug-likeness (QED) is 0.0582. The van der Waals surface area contributed by atoms with Crippen LogP contribution in [0.5, 0.6) is 11.5 Å². The average molecular weight is 754 g/mol. The topological polar surface area (TPSA) is 70.8 Å². The molecule has 0 heterocycles. The Bertz CT molecular complexity index is 1490. The van der Waals surface area contributed by atoms with Gasteiger partial charge in [0.25, 0.3) is 0 Å². The van der Waals surface area contributed by atoms with Gasteiger partial charge in [-0.2, -0.15) is 0 Å². The van der Waals surface area contributed by atoms with Crippen molar-refractivity contribution in [2.75, 3.05) is 0 Å². The third-order valence-electron chi connectivity index (χ3n) is 9.54. The monoisotopic (exact) mass is 752 g/mol. The molecule has 4 nitrogen and oxygen atoms in total. The van der Waals surface area contributed by atoms with E-state index in [2.05, 4.69) is 84.9 Å². The van der Waals surface area contributed by atoms with Gasteiger partial charge in [0, 0.05) is 0 Å². The van der Waals surface area contributed by atoms with Crippen LogP contribution in [-0.4, -0.2) is 11.4 Å². The molecule has 0 atom stereocenters. The summed E-state index contributed by atoms with van der Waals surface area (Å²) in [6.45, 7) is 17.4. The molecule has 0 N–H and O–H groups in total. The molecule has 5 heteroatoms. The van der Waals surface area contributed by atoms with Crippen molar-refractivity contribution in [3.63, 3.8) is 0 Å². The molecule has 3 rings (SSSR count). The fraction of sp³-hybridized carbons (Fsp3) is 0.574. The van der Waals surface area contributed by atoms with Gasteiger partial charge in [-0.1, -0.05) is 142 Å². The van der Waals surface area contributed by atoms with Crippen molar-refractivity contribution in [2.24, 2.45) is 9.98 Å². The fourth-order valence-electron chi connectivity index (χ4n) is 6.59. The van der Waals surface area contributed by atoms with Crippen LogP contribution in [0.4, 0.5) is 11.4 Å². The molecule has 52 heavy (non-hydrogen) atoms. The van der Waals surface area contributed by atoms with Gasteiger partial charge in [0.05, 0.1) is 22.8 Å². The van der Waals surface area contributed by atoms with Gasteiger partial charge in [-0.3, -0.25) is 9.98 Å². The summed E-state index contributed by atoms with van der Waals surface area (Å²) in [4.78, 5) is 10.6. The van der Waals surface area contributed by atoms with Gasteiger partial charge < -0.3 is 10.2 Å². The maximum Gasteiger partial charge on any atom is 2.00 e. The van der Waals surface area contributed by atoms with E-state index in [9.17, 15) is 10.2 Å². The van der Waals surface area contributed by atoms with Crippen LogP contribution in [-0.2, 0) is 48.6 Å². The Kier molecular flexibility index (Phi) is 25.1. The molecule has 3 aromatic rings. The summed E-state index contributed by atoms with van der Waals surface area (Å²) in [7, 11) is 0. The SMILES string of the molecule is CCCCCC(=Nc1ccc(CCC)c(CCC)c1)C(CCCC)=Nc1ccc(CCC)c(CCC)c1.CCCCCc1ccc(C)c([O-])c1[O-].[Ni+2]. The van der Waals surface area contributed by atoms with E-state index in [1.807, 2.05) is 0 Å². The second-order valence-corrected chi connectivity index (χ2v) is 14.2. The molecule has 0 aromatic heterocycles. The first kappa shape index (κ1) is 47.1. The molecular formula is C47H70N2NiO2. The Morgan fingerprint density at radius 3 is 1.33 bits per heavy atom. The summed E-state index contributed by atoms with van der Waals surface area (Å²) in [5, 5.41) is 22.8. The van der Waals surface area contributed by atoms with Crippen LogP contribution in [0.25, 0.3) is 0 Å². The summed E-state index contributed by atoms with van der Waals surface area (Å²) in [6, 6.07) is 17.3. The molecule has 0 radical (unpaired) electrons. The van der Waals surface area contributed by atoms with Crippen molar-refractivity contribution in [1.82, 2.24) is 0 Å². The summed E-state index contributed by atoms with van der Waals surface area (Å²) in [5.41, 5.74) is 11.7. The van der Waals surface area contributed by atoms with Crippen LogP contribution in [0.2, 0.25) is 0 Å². The van der Waals surface area contributed by atoms with Gasteiger partial charge >= 0.3 is 16.5 Å². The van der Waals surface area contributed by atoms with E-state index in [1.54, 1.807) is 19.1 Å². The molecule has 0 aliphatic rings. The molecule has 3 aromatic carbocycles. The Balaban J connectivity index is 0.000000754. The second kappa shape index (κ2) is 27.7. The summed E-state index contributed by atoms with van der Waals surface area (Å²) < 4.78 is 0. The number of unbranched alkanes of at least 4 members (excludes halogenated alkanes) is 5. The molecule has 0 amide bonds. The predicted octanol–water partition coefficient (Wildman–Crippen LogP) is 13.0. The second-order valence-electron chi connectivity index (χ2n) is 14.2.